The molecule has 0 amide bonds. The molecule has 1 aromatic heterocycles. The SMILES string of the molecule is CS(=O)(=O)Cl.CS(=O)(=O)NCc1[nH]nc(N)c1N=Nc1cccc(F)c1. The zero-order chi connectivity index (χ0) is 20.0. The van der Waals surface area contributed by atoms with Crippen molar-refractivity contribution >= 4 is 46.9 Å². The van der Waals surface area contributed by atoms with Gasteiger partial charge in [-0.05, 0) is 12.1 Å². The summed E-state index contributed by atoms with van der Waals surface area (Å²) in [7, 11) is -2.06. The van der Waals surface area contributed by atoms with Crippen LogP contribution in [0, 0.1) is 5.82 Å². The number of nitrogens with two attached hydrogens (primary N) is 1. The minimum atomic E-state index is -3.36. The van der Waals surface area contributed by atoms with Crippen molar-refractivity contribution in [2.75, 3.05) is 18.2 Å². The molecule has 0 radical (unpaired) electrons. The van der Waals surface area contributed by atoms with E-state index in [9.17, 15) is 21.2 Å². The maximum absolute atomic E-state index is 13.0. The van der Waals surface area contributed by atoms with Crippen molar-refractivity contribution in [3.63, 3.8) is 0 Å². The Balaban J connectivity index is 0.000000597. The van der Waals surface area contributed by atoms with Crippen LogP contribution in [0.1, 0.15) is 5.69 Å². The van der Waals surface area contributed by atoms with Gasteiger partial charge in [-0.15, -0.1) is 5.11 Å². The highest BCUT2D eigenvalue weighted by atomic mass is 35.7. The van der Waals surface area contributed by atoms with Crippen molar-refractivity contribution in [3.05, 3.63) is 35.8 Å². The number of aromatic nitrogens is 2. The summed E-state index contributed by atoms with van der Waals surface area (Å²) in [5, 5.41) is 14.0. The summed E-state index contributed by atoms with van der Waals surface area (Å²) < 4.78 is 56.2. The van der Waals surface area contributed by atoms with Crippen LogP contribution in [-0.2, 0) is 25.6 Å². The van der Waals surface area contributed by atoms with E-state index in [2.05, 4.69) is 35.8 Å². The van der Waals surface area contributed by atoms with Gasteiger partial charge in [-0.2, -0.15) is 10.2 Å². The van der Waals surface area contributed by atoms with Crippen LogP contribution in [0.25, 0.3) is 0 Å². The number of rotatable bonds is 5. The van der Waals surface area contributed by atoms with Crippen LogP contribution in [0.4, 0.5) is 21.6 Å². The van der Waals surface area contributed by atoms with Gasteiger partial charge in [0.2, 0.25) is 19.1 Å². The Morgan fingerprint density at radius 1 is 1.27 bits per heavy atom. The van der Waals surface area contributed by atoms with Gasteiger partial charge in [-0.25, -0.2) is 25.9 Å². The number of benzene rings is 1. The van der Waals surface area contributed by atoms with Crippen molar-refractivity contribution < 1.29 is 21.2 Å². The summed E-state index contributed by atoms with van der Waals surface area (Å²) in [5.41, 5.74) is 6.49. The van der Waals surface area contributed by atoms with Crippen LogP contribution in [0.15, 0.2) is 34.5 Å². The predicted molar refractivity (Wildman–Crippen MR) is 96.0 cm³/mol. The van der Waals surface area contributed by atoms with Gasteiger partial charge in [-0.1, -0.05) is 6.07 Å². The molecule has 2 aromatic rings. The van der Waals surface area contributed by atoms with Gasteiger partial charge in [0.25, 0.3) is 0 Å². The lowest BCUT2D eigenvalue weighted by molar-refractivity contribution is 0.586. The predicted octanol–water partition coefficient (Wildman–Crippen LogP) is 1.78. The fourth-order valence-corrected chi connectivity index (χ4v) is 1.88. The van der Waals surface area contributed by atoms with E-state index >= 15 is 0 Å². The number of hydrogen-bond acceptors (Lipinski definition) is 8. The van der Waals surface area contributed by atoms with Crippen molar-refractivity contribution in [3.8, 4) is 0 Å². The molecule has 144 valence electrons. The highest BCUT2D eigenvalue weighted by Crippen LogP contribution is 2.26. The Morgan fingerprint density at radius 2 is 1.88 bits per heavy atom. The fraction of sp³-hybridized carbons (Fsp3) is 0.250. The Hall–Kier alpha value is -2.09. The molecule has 10 nitrogen and oxygen atoms in total. The molecule has 0 atom stereocenters. The second-order valence-corrected chi connectivity index (χ2v) is 9.77. The van der Waals surface area contributed by atoms with Crippen molar-refractivity contribution in [2.45, 2.75) is 6.54 Å². The zero-order valence-corrected chi connectivity index (χ0v) is 16.0. The lowest BCUT2D eigenvalue weighted by atomic mass is 10.3. The Kier molecular flexibility index (Phi) is 7.62. The molecule has 0 bridgehead atoms. The summed E-state index contributed by atoms with van der Waals surface area (Å²) >= 11 is 0. The first-order valence-electron chi connectivity index (χ1n) is 6.69. The third kappa shape index (κ3) is 9.41. The molecule has 4 N–H and O–H groups in total. The molecule has 0 saturated heterocycles. The maximum Gasteiger partial charge on any atom is 0.229 e. The van der Waals surface area contributed by atoms with Gasteiger partial charge in [0.15, 0.2) is 11.5 Å². The normalized spacial score (nSPS) is 12.0. The van der Waals surface area contributed by atoms with E-state index in [1.165, 1.54) is 18.2 Å². The second-order valence-electron chi connectivity index (χ2n) is 4.89. The number of hydrogen-bond donors (Lipinski definition) is 3. The van der Waals surface area contributed by atoms with Crippen LogP contribution in [0.2, 0.25) is 0 Å². The van der Waals surface area contributed by atoms with Crippen LogP contribution in [0.5, 0.6) is 0 Å². The summed E-state index contributed by atoms with van der Waals surface area (Å²) in [4.78, 5) is 0. The molecule has 0 fully saturated rings. The summed E-state index contributed by atoms with van der Waals surface area (Å²) in [6, 6.07) is 5.55. The molecule has 2 rings (SSSR count). The van der Waals surface area contributed by atoms with Crippen LogP contribution < -0.4 is 10.5 Å². The first-order chi connectivity index (χ1) is 11.8. The largest absolute Gasteiger partial charge is 0.380 e. The molecule has 14 heteroatoms. The lowest BCUT2D eigenvalue weighted by Crippen LogP contribution is -2.21. The molecule has 0 aliphatic carbocycles. The minimum absolute atomic E-state index is 0.0550. The zero-order valence-electron chi connectivity index (χ0n) is 13.6. The van der Waals surface area contributed by atoms with E-state index in [-0.39, 0.29) is 18.1 Å². The number of aromatic amines is 1. The number of nitrogen functional groups attached to an aromatic ring is 1. The maximum atomic E-state index is 13.0. The van der Waals surface area contributed by atoms with E-state index in [4.69, 9.17) is 5.73 Å². The van der Waals surface area contributed by atoms with E-state index in [1.807, 2.05) is 0 Å². The highest BCUT2D eigenvalue weighted by Gasteiger charge is 2.12. The van der Waals surface area contributed by atoms with Gasteiger partial charge in [0, 0.05) is 16.7 Å². The van der Waals surface area contributed by atoms with Gasteiger partial charge in [0.05, 0.1) is 30.4 Å². The quantitative estimate of drug-likeness (QED) is 0.487. The van der Waals surface area contributed by atoms with E-state index in [1.54, 1.807) is 6.07 Å². The molecule has 0 unspecified atom stereocenters. The number of anilines is 1. The van der Waals surface area contributed by atoms with Crippen LogP contribution in [-0.4, -0.2) is 39.5 Å². The first kappa shape index (κ1) is 22.0. The fourth-order valence-electron chi connectivity index (χ4n) is 1.47. The smallest absolute Gasteiger partial charge is 0.229 e. The van der Waals surface area contributed by atoms with Crippen LogP contribution in [0.3, 0.4) is 0 Å². The molecular weight excluding hydrogens is 411 g/mol. The first-order valence-corrected chi connectivity index (χ1v) is 11.3. The average molecular weight is 427 g/mol. The number of halogens is 2. The number of H-pyrrole nitrogens is 1. The van der Waals surface area contributed by atoms with E-state index in [0.29, 0.717) is 11.4 Å². The molecule has 0 aliphatic rings. The molecule has 26 heavy (non-hydrogen) atoms. The monoisotopic (exact) mass is 426 g/mol. The molecule has 0 aliphatic heterocycles. The number of sulfonamides is 1. The third-order valence-corrected chi connectivity index (χ3v) is 3.09. The Labute approximate surface area is 154 Å². The number of azo groups is 1. The molecule has 0 saturated carbocycles. The highest BCUT2D eigenvalue weighted by molar-refractivity contribution is 8.13. The summed E-state index contributed by atoms with van der Waals surface area (Å²) in [6.45, 7) is -0.0550. The standard InChI is InChI=1S/C11H13FN6O2S.CH3ClO2S/c1-21(19,20)14-6-9-10(11(13)18-16-9)17-15-8-4-2-3-7(12)5-8;1-5(2,3)4/h2-5,14H,6H2,1H3,(H3,13,16,18);1H3. The second kappa shape index (κ2) is 9.02. The molecule has 1 heterocycles. The third-order valence-electron chi connectivity index (χ3n) is 2.42. The van der Waals surface area contributed by atoms with Gasteiger partial charge >= 0.3 is 0 Å². The molecule has 0 spiro atoms. The van der Waals surface area contributed by atoms with Crippen molar-refractivity contribution in [2.24, 2.45) is 10.2 Å². The summed E-state index contributed by atoms with van der Waals surface area (Å²) in [5.74, 6) is -0.369. The Morgan fingerprint density at radius 3 is 2.42 bits per heavy atom. The van der Waals surface area contributed by atoms with Crippen molar-refractivity contribution in [1.29, 1.82) is 0 Å². The minimum Gasteiger partial charge on any atom is -0.380 e. The van der Waals surface area contributed by atoms with Gasteiger partial charge in [-0.3, -0.25) is 5.10 Å². The van der Waals surface area contributed by atoms with Crippen LogP contribution >= 0.6 is 10.7 Å². The number of nitrogens with zero attached hydrogens (tertiary/aromatic N) is 3. The topological polar surface area (TPSA) is 160 Å². The summed E-state index contributed by atoms with van der Waals surface area (Å²) in [6.07, 6.45) is 1.95. The van der Waals surface area contributed by atoms with Crippen molar-refractivity contribution in [1.82, 2.24) is 14.9 Å². The van der Waals surface area contributed by atoms with Gasteiger partial charge in [0.1, 0.15) is 5.82 Å². The lowest BCUT2D eigenvalue weighted by Gasteiger charge is -2.00. The van der Waals surface area contributed by atoms with E-state index < -0.39 is 24.9 Å². The average Bonchev–Trinajstić information content (AvgIpc) is 2.81. The molecule has 1 aromatic carbocycles. The number of nitrogens with one attached hydrogen (secondary N) is 2. The molecular formula is C12H16ClFN6O4S2. The van der Waals surface area contributed by atoms with E-state index in [0.717, 1.165) is 12.5 Å². The van der Waals surface area contributed by atoms with Gasteiger partial charge < -0.3 is 5.73 Å². The Bertz CT molecular complexity index is 983.